The maximum atomic E-state index is 15.0. The van der Waals surface area contributed by atoms with Crippen molar-refractivity contribution in [2.45, 2.75) is 42.4 Å². The summed E-state index contributed by atoms with van der Waals surface area (Å²) in [4.78, 5) is 26.2. The van der Waals surface area contributed by atoms with Gasteiger partial charge in [-0.15, -0.1) is 11.8 Å². The number of aromatic nitrogens is 1. The number of carbonyl (C=O) groups is 1. The molecule has 12 heteroatoms. The molecular weight excluding hydrogens is 514 g/mol. The van der Waals surface area contributed by atoms with Crippen molar-refractivity contribution in [3.05, 3.63) is 92.6 Å². The van der Waals surface area contributed by atoms with Crippen molar-refractivity contribution in [2.24, 2.45) is 0 Å². The second-order valence-corrected chi connectivity index (χ2v) is 9.78. The first kappa shape index (κ1) is 25.2. The van der Waals surface area contributed by atoms with Crippen LogP contribution in [0.25, 0.3) is 0 Å². The lowest BCUT2D eigenvalue weighted by Crippen LogP contribution is -2.60. The lowest BCUT2D eigenvalue weighted by atomic mass is 9.90. The summed E-state index contributed by atoms with van der Waals surface area (Å²) < 4.78 is 57.6. The van der Waals surface area contributed by atoms with Gasteiger partial charge in [0.15, 0.2) is 11.4 Å². The molecule has 2 aliphatic heterocycles. The fraction of sp³-hybridized carbons (Fsp3) is 0.280. The molecule has 0 aliphatic carbocycles. The third kappa shape index (κ3) is 4.04. The molecule has 1 aromatic heterocycles. The van der Waals surface area contributed by atoms with Crippen molar-refractivity contribution in [2.75, 3.05) is 11.7 Å². The standard InChI is InChI=1S/C25H21F4N3O4S/c1-13(25(27,28)29)30-12-32(31-9-8-18(34)22(35)21(31)24(30)36)20-16-6-3-7-17(26)23(16)37-11-15-5-2-4-14(10-33)19(15)20/h2-9,13,20,33,35H,10-12H2,1H3/t13-,20-/m1/s1. The molecule has 0 radical (unpaired) electrons. The van der Waals surface area contributed by atoms with Gasteiger partial charge in [0.25, 0.3) is 5.91 Å². The topological polar surface area (TPSA) is 86.0 Å². The summed E-state index contributed by atoms with van der Waals surface area (Å²) in [6.07, 6.45) is -3.60. The number of nitrogens with zero attached hydrogens (tertiary/aromatic N) is 3. The van der Waals surface area contributed by atoms with E-state index in [0.717, 1.165) is 23.2 Å². The van der Waals surface area contributed by atoms with Gasteiger partial charge in [0.05, 0.1) is 12.6 Å². The SMILES string of the molecule is C[C@@H](N1CN([C@@H]2c3cccc(F)c3SCc3cccc(CO)c32)n2ccc(=O)c(O)c2C1=O)C(F)(F)F. The third-order valence-corrected chi connectivity index (χ3v) is 7.90. The molecule has 2 aromatic carbocycles. The first-order chi connectivity index (χ1) is 17.5. The van der Waals surface area contributed by atoms with Gasteiger partial charge < -0.3 is 15.1 Å². The van der Waals surface area contributed by atoms with Gasteiger partial charge in [-0.1, -0.05) is 30.3 Å². The van der Waals surface area contributed by atoms with Crippen LogP contribution in [-0.2, 0) is 12.4 Å². The van der Waals surface area contributed by atoms with Crippen molar-refractivity contribution in [1.82, 2.24) is 9.58 Å². The first-order valence-corrected chi connectivity index (χ1v) is 12.2. The van der Waals surface area contributed by atoms with Crippen LogP contribution in [0.15, 0.2) is 58.4 Å². The Morgan fingerprint density at radius 1 is 1.14 bits per heavy atom. The van der Waals surface area contributed by atoms with E-state index in [2.05, 4.69) is 0 Å². The maximum absolute atomic E-state index is 15.0. The summed E-state index contributed by atoms with van der Waals surface area (Å²) in [6, 6.07) is 7.32. The molecule has 2 aliphatic rings. The molecule has 7 nitrogen and oxygen atoms in total. The van der Waals surface area contributed by atoms with E-state index >= 15 is 4.39 Å². The molecule has 0 saturated heterocycles. The Labute approximate surface area is 212 Å². The monoisotopic (exact) mass is 535 g/mol. The first-order valence-electron chi connectivity index (χ1n) is 11.3. The number of alkyl halides is 3. The van der Waals surface area contributed by atoms with Crippen LogP contribution in [0.4, 0.5) is 17.6 Å². The highest BCUT2D eigenvalue weighted by atomic mass is 32.2. The third-order valence-electron chi connectivity index (χ3n) is 6.73. The summed E-state index contributed by atoms with van der Waals surface area (Å²) in [5.41, 5.74) is 0.575. The molecule has 0 bridgehead atoms. The summed E-state index contributed by atoms with van der Waals surface area (Å²) in [5.74, 6) is -2.36. The highest BCUT2D eigenvalue weighted by Gasteiger charge is 2.48. The molecule has 2 N–H and O–H groups in total. The normalized spacial score (nSPS) is 18.1. The molecule has 0 fully saturated rings. The molecule has 0 unspecified atom stereocenters. The number of rotatable bonds is 3. The summed E-state index contributed by atoms with van der Waals surface area (Å²) in [7, 11) is 0. The minimum Gasteiger partial charge on any atom is -0.502 e. The van der Waals surface area contributed by atoms with Crippen LogP contribution >= 0.6 is 11.8 Å². The largest absolute Gasteiger partial charge is 0.502 e. The van der Waals surface area contributed by atoms with Crippen LogP contribution in [0.2, 0.25) is 0 Å². The number of benzene rings is 2. The average molecular weight is 536 g/mol. The highest BCUT2D eigenvalue weighted by molar-refractivity contribution is 7.98. The van der Waals surface area contributed by atoms with E-state index in [-0.39, 0.29) is 4.90 Å². The van der Waals surface area contributed by atoms with E-state index in [9.17, 15) is 33.0 Å². The molecular formula is C25H21F4N3O4S. The van der Waals surface area contributed by atoms with Gasteiger partial charge >= 0.3 is 6.18 Å². The Morgan fingerprint density at radius 3 is 2.57 bits per heavy atom. The molecule has 0 saturated carbocycles. The number of aliphatic hydroxyl groups is 1. The highest BCUT2D eigenvalue weighted by Crippen LogP contribution is 2.45. The average Bonchev–Trinajstić information content (AvgIpc) is 3.03. The van der Waals surface area contributed by atoms with E-state index in [1.54, 1.807) is 24.3 Å². The number of carbonyl (C=O) groups excluding carboxylic acids is 1. The Hall–Kier alpha value is -3.51. The Morgan fingerprint density at radius 2 is 1.86 bits per heavy atom. The number of halogens is 4. The Bertz CT molecular complexity index is 1460. The number of aromatic hydroxyl groups is 1. The lowest BCUT2D eigenvalue weighted by Gasteiger charge is -2.46. The van der Waals surface area contributed by atoms with E-state index in [0.29, 0.717) is 27.3 Å². The van der Waals surface area contributed by atoms with Gasteiger partial charge in [-0.3, -0.25) is 19.3 Å². The second-order valence-electron chi connectivity index (χ2n) is 8.79. The number of fused-ring (bicyclic) bond motifs is 3. The van der Waals surface area contributed by atoms with E-state index in [1.165, 1.54) is 35.1 Å². The zero-order chi connectivity index (χ0) is 26.6. The molecule has 37 heavy (non-hydrogen) atoms. The molecule has 0 spiro atoms. The zero-order valence-corrected chi connectivity index (χ0v) is 20.2. The fourth-order valence-corrected chi connectivity index (χ4v) is 5.93. The minimum absolute atomic E-state index is 0.270. The predicted molar refractivity (Wildman–Crippen MR) is 127 cm³/mol. The van der Waals surface area contributed by atoms with Crippen LogP contribution in [-0.4, -0.2) is 44.6 Å². The summed E-state index contributed by atoms with van der Waals surface area (Å²) >= 11 is 1.21. The molecule has 194 valence electrons. The fourth-order valence-electron chi connectivity index (χ4n) is 4.83. The number of hydrogen-bond acceptors (Lipinski definition) is 6. The van der Waals surface area contributed by atoms with Gasteiger partial charge in [0.1, 0.15) is 18.5 Å². The van der Waals surface area contributed by atoms with Gasteiger partial charge in [-0.05, 0) is 35.2 Å². The lowest BCUT2D eigenvalue weighted by molar-refractivity contribution is -0.173. The Balaban J connectivity index is 1.83. The van der Waals surface area contributed by atoms with Crippen molar-refractivity contribution in [1.29, 1.82) is 0 Å². The molecule has 3 heterocycles. The number of hydrogen-bond donors (Lipinski definition) is 2. The molecule has 2 atom stereocenters. The minimum atomic E-state index is -4.80. The van der Waals surface area contributed by atoms with Crippen LogP contribution in [0.5, 0.6) is 5.75 Å². The number of pyridine rings is 1. The van der Waals surface area contributed by atoms with Gasteiger partial charge in [0.2, 0.25) is 5.43 Å². The summed E-state index contributed by atoms with van der Waals surface area (Å²) in [6.45, 7) is -0.181. The zero-order valence-electron chi connectivity index (χ0n) is 19.4. The van der Waals surface area contributed by atoms with Crippen molar-refractivity contribution in [3.8, 4) is 5.75 Å². The summed E-state index contributed by atoms with van der Waals surface area (Å²) in [5, 5.41) is 22.1. The van der Waals surface area contributed by atoms with E-state index in [4.69, 9.17) is 0 Å². The van der Waals surface area contributed by atoms with Crippen molar-refractivity contribution < 1.29 is 32.6 Å². The van der Waals surface area contributed by atoms with Crippen molar-refractivity contribution in [3.63, 3.8) is 0 Å². The van der Waals surface area contributed by atoms with Gasteiger partial charge in [-0.2, -0.15) is 13.2 Å². The molecule has 1 amide bonds. The smallest absolute Gasteiger partial charge is 0.408 e. The quantitative estimate of drug-likeness (QED) is 0.496. The van der Waals surface area contributed by atoms with Crippen molar-refractivity contribution >= 4 is 17.7 Å². The molecule has 5 rings (SSSR count). The van der Waals surface area contributed by atoms with Crippen LogP contribution in [0, 0.1) is 5.82 Å². The second kappa shape index (κ2) is 9.10. The molecule has 3 aromatic rings. The predicted octanol–water partition coefficient (Wildman–Crippen LogP) is 3.88. The van der Waals surface area contributed by atoms with Crippen LogP contribution in [0.3, 0.4) is 0 Å². The van der Waals surface area contributed by atoms with Crippen LogP contribution < -0.4 is 10.4 Å². The van der Waals surface area contributed by atoms with Gasteiger partial charge in [-0.25, -0.2) is 4.39 Å². The maximum Gasteiger partial charge on any atom is 0.408 e. The number of aliphatic hydroxyl groups excluding tert-OH is 1. The van der Waals surface area contributed by atoms with Crippen LogP contribution in [0.1, 0.15) is 45.7 Å². The van der Waals surface area contributed by atoms with Gasteiger partial charge in [0, 0.05) is 22.9 Å². The van der Waals surface area contributed by atoms with E-state index < -0.39 is 60.1 Å². The Kier molecular flexibility index (Phi) is 6.19. The van der Waals surface area contributed by atoms with E-state index in [1.807, 2.05) is 0 Å². The number of amides is 1. The number of thioether (sulfide) groups is 1.